The first-order valence-electron chi connectivity index (χ1n) is 5.68. The van der Waals surface area contributed by atoms with Gasteiger partial charge in [0.25, 0.3) is 0 Å². The Kier molecular flexibility index (Phi) is 2.89. The molecule has 0 aromatic heterocycles. The van der Waals surface area contributed by atoms with Gasteiger partial charge >= 0.3 is 0 Å². The summed E-state index contributed by atoms with van der Waals surface area (Å²) in [6.07, 6.45) is 6.46. The molecule has 1 saturated heterocycles. The van der Waals surface area contributed by atoms with E-state index in [4.69, 9.17) is 0 Å². The van der Waals surface area contributed by atoms with E-state index in [1.165, 1.54) is 25.7 Å². The second-order valence-corrected chi connectivity index (χ2v) is 4.86. The van der Waals surface area contributed by atoms with Crippen molar-refractivity contribution in [2.45, 2.75) is 51.2 Å². The number of aliphatic hydroxyl groups is 1. The molecule has 2 heteroatoms. The van der Waals surface area contributed by atoms with Crippen LogP contribution in [0.25, 0.3) is 0 Å². The summed E-state index contributed by atoms with van der Waals surface area (Å²) in [4.78, 5) is 2.50. The fourth-order valence-corrected chi connectivity index (χ4v) is 2.83. The van der Waals surface area contributed by atoms with E-state index in [1.807, 2.05) is 0 Å². The zero-order valence-corrected chi connectivity index (χ0v) is 8.58. The van der Waals surface area contributed by atoms with Gasteiger partial charge in [-0.2, -0.15) is 0 Å². The molecule has 76 valence electrons. The molecular weight excluding hydrogens is 162 g/mol. The molecule has 0 bridgehead atoms. The number of hydrogen-bond donors (Lipinski definition) is 1. The standard InChI is InChI=1S/C11H21NO/c1-9-3-2-4-10(7-9)12-6-5-11(13)8-12/h9-11,13H,2-8H2,1H3/t9?,10?,11-/m0/s1. The van der Waals surface area contributed by atoms with Crippen molar-refractivity contribution in [1.82, 2.24) is 4.90 Å². The number of likely N-dealkylation sites (tertiary alicyclic amines) is 1. The molecule has 1 saturated carbocycles. The minimum atomic E-state index is -0.0442. The van der Waals surface area contributed by atoms with Crippen molar-refractivity contribution in [3.63, 3.8) is 0 Å². The van der Waals surface area contributed by atoms with Gasteiger partial charge in [-0.15, -0.1) is 0 Å². The summed E-state index contributed by atoms with van der Waals surface area (Å²) in [6, 6.07) is 0.779. The van der Waals surface area contributed by atoms with Crippen LogP contribution in [0.15, 0.2) is 0 Å². The van der Waals surface area contributed by atoms with Gasteiger partial charge in [0.15, 0.2) is 0 Å². The Morgan fingerprint density at radius 2 is 2.08 bits per heavy atom. The normalized spacial score (nSPS) is 42.5. The lowest BCUT2D eigenvalue weighted by atomic mass is 9.86. The van der Waals surface area contributed by atoms with E-state index in [0.717, 1.165) is 31.5 Å². The molecule has 1 aliphatic heterocycles. The number of aliphatic hydroxyl groups excluding tert-OH is 1. The molecular formula is C11H21NO. The minimum absolute atomic E-state index is 0.0442. The molecule has 0 radical (unpaired) electrons. The highest BCUT2D eigenvalue weighted by Crippen LogP contribution is 2.29. The molecule has 0 spiro atoms. The Labute approximate surface area is 80.9 Å². The summed E-state index contributed by atoms with van der Waals surface area (Å²) >= 11 is 0. The number of rotatable bonds is 1. The number of nitrogens with zero attached hydrogens (tertiary/aromatic N) is 1. The third kappa shape index (κ3) is 2.23. The molecule has 1 aliphatic carbocycles. The summed E-state index contributed by atoms with van der Waals surface area (Å²) in [7, 11) is 0. The van der Waals surface area contributed by atoms with Crippen molar-refractivity contribution in [3.8, 4) is 0 Å². The minimum Gasteiger partial charge on any atom is -0.392 e. The van der Waals surface area contributed by atoms with Gasteiger partial charge < -0.3 is 5.11 Å². The van der Waals surface area contributed by atoms with Crippen molar-refractivity contribution >= 4 is 0 Å². The van der Waals surface area contributed by atoms with Crippen LogP contribution in [0.2, 0.25) is 0 Å². The van der Waals surface area contributed by atoms with Crippen molar-refractivity contribution in [2.75, 3.05) is 13.1 Å². The van der Waals surface area contributed by atoms with Gasteiger partial charge in [0.1, 0.15) is 0 Å². The molecule has 2 rings (SSSR count). The molecule has 0 amide bonds. The van der Waals surface area contributed by atoms with Crippen LogP contribution in [0.5, 0.6) is 0 Å². The average molecular weight is 183 g/mol. The Balaban J connectivity index is 1.85. The first-order valence-corrected chi connectivity index (χ1v) is 5.68. The van der Waals surface area contributed by atoms with Crippen LogP contribution in [0.4, 0.5) is 0 Å². The monoisotopic (exact) mass is 183 g/mol. The van der Waals surface area contributed by atoms with E-state index in [-0.39, 0.29) is 6.10 Å². The Hall–Kier alpha value is -0.0800. The van der Waals surface area contributed by atoms with Crippen molar-refractivity contribution in [1.29, 1.82) is 0 Å². The lowest BCUT2D eigenvalue weighted by Gasteiger charge is -2.33. The quantitative estimate of drug-likeness (QED) is 0.668. The Morgan fingerprint density at radius 1 is 1.23 bits per heavy atom. The molecule has 0 aromatic carbocycles. The average Bonchev–Trinajstić information content (AvgIpc) is 2.52. The third-order valence-electron chi connectivity index (χ3n) is 3.62. The zero-order valence-electron chi connectivity index (χ0n) is 8.58. The van der Waals surface area contributed by atoms with Gasteiger partial charge in [-0.05, 0) is 25.2 Å². The number of β-amino-alcohol motifs (C(OH)–C–C–N with tert-alkyl or cyclic N) is 1. The molecule has 1 N–H and O–H groups in total. The summed E-state index contributed by atoms with van der Waals surface area (Å²) in [6.45, 7) is 4.41. The maximum atomic E-state index is 9.45. The fourth-order valence-electron chi connectivity index (χ4n) is 2.83. The molecule has 2 aliphatic rings. The van der Waals surface area contributed by atoms with Crippen molar-refractivity contribution < 1.29 is 5.11 Å². The second kappa shape index (κ2) is 3.97. The van der Waals surface area contributed by atoms with Gasteiger partial charge in [-0.3, -0.25) is 4.90 Å². The predicted octanol–water partition coefficient (Wildman–Crippen LogP) is 1.63. The van der Waals surface area contributed by atoms with E-state index < -0.39 is 0 Å². The van der Waals surface area contributed by atoms with Crippen LogP contribution in [0.3, 0.4) is 0 Å². The van der Waals surface area contributed by atoms with Gasteiger partial charge in [-0.1, -0.05) is 19.8 Å². The summed E-state index contributed by atoms with van der Waals surface area (Å²) in [5.41, 5.74) is 0. The van der Waals surface area contributed by atoms with E-state index in [1.54, 1.807) is 0 Å². The zero-order chi connectivity index (χ0) is 9.26. The first-order chi connectivity index (χ1) is 6.25. The predicted molar refractivity (Wildman–Crippen MR) is 53.6 cm³/mol. The number of hydrogen-bond acceptors (Lipinski definition) is 2. The SMILES string of the molecule is CC1CCCC(N2CC[C@H](O)C2)C1. The van der Waals surface area contributed by atoms with Crippen molar-refractivity contribution in [2.24, 2.45) is 5.92 Å². The van der Waals surface area contributed by atoms with Gasteiger partial charge in [-0.25, -0.2) is 0 Å². The summed E-state index contributed by atoms with van der Waals surface area (Å²) < 4.78 is 0. The van der Waals surface area contributed by atoms with Crippen molar-refractivity contribution in [3.05, 3.63) is 0 Å². The van der Waals surface area contributed by atoms with E-state index in [9.17, 15) is 5.11 Å². The molecule has 2 nitrogen and oxygen atoms in total. The maximum Gasteiger partial charge on any atom is 0.0679 e. The van der Waals surface area contributed by atoms with E-state index >= 15 is 0 Å². The van der Waals surface area contributed by atoms with Crippen LogP contribution in [0.1, 0.15) is 39.0 Å². The van der Waals surface area contributed by atoms with Gasteiger partial charge in [0, 0.05) is 19.1 Å². The molecule has 3 atom stereocenters. The first kappa shape index (κ1) is 9.47. The second-order valence-electron chi connectivity index (χ2n) is 4.86. The van der Waals surface area contributed by atoms with Crippen LogP contribution in [-0.2, 0) is 0 Å². The van der Waals surface area contributed by atoms with Gasteiger partial charge in [0.05, 0.1) is 6.10 Å². The molecule has 13 heavy (non-hydrogen) atoms. The highest BCUT2D eigenvalue weighted by molar-refractivity contribution is 4.84. The Bertz CT molecular complexity index is 171. The smallest absolute Gasteiger partial charge is 0.0679 e. The van der Waals surface area contributed by atoms with E-state index in [0.29, 0.717) is 0 Å². The molecule has 2 fully saturated rings. The van der Waals surface area contributed by atoms with Gasteiger partial charge in [0.2, 0.25) is 0 Å². The van der Waals surface area contributed by atoms with Crippen LogP contribution in [0, 0.1) is 5.92 Å². The Morgan fingerprint density at radius 3 is 2.69 bits per heavy atom. The van der Waals surface area contributed by atoms with Crippen LogP contribution < -0.4 is 0 Å². The molecule has 0 aromatic rings. The molecule has 2 unspecified atom stereocenters. The topological polar surface area (TPSA) is 23.5 Å². The van der Waals surface area contributed by atoms with E-state index in [2.05, 4.69) is 11.8 Å². The highest BCUT2D eigenvalue weighted by Gasteiger charge is 2.29. The lowest BCUT2D eigenvalue weighted by Crippen LogP contribution is -2.37. The third-order valence-corrected chi connectivity index (χ3v) is 3.62. The lowest BCUT2D eigenvalue weighted by molar-refractivity contribution is 0.129. The summed E-state index contributed by atoms with van der Waals surface area (Å²) in [5, 5.41) is 9.45. The van der Waals surface area contributed by atoms with Crippen LogP contribution >= 0.6 is 0 Å². The molecule has 1 heterocycles. The maximum absolute atomic E-state index is 9.45. The van der Waals surface area contributed by atoms with Crippen LogP contribution in [-0.4, -0.2) is 35.2 Å². The fraction of sp³-hybridized carbons (Fsp3) is 1.00. The highest BCUT2D eigenvalue weighted by atomic mass is 16.3. The summed E-state index contributed by atoms with van der Waals surface area (Å²) in [5.74, 6) is 0.900. The largest absolute Gasteiger partial charge is 0.392 e.